The molecule has 100 valence electrons. The highest BCUT2D eigenvalue weighted by molar-refractivity contribution is 7.23. The van der Waals surface area contributed by atoms with Crippen molar-refractivity contribution in [2.24, 2.45) is 0 Å². The third-order valence-corrected chi connectivity index (χ3v) is 4.15. The number of fused-ring (bicyclic) bond motifs is 1. The van der Waals surface area contributed by atoms with Gasteiger partial charge in [0.15, 0.2) is 0 Å². The molecule has 3 rings (SSSR count). The normalized spacial score (nSPS) is 10.7. The van der Waals surface area contributed by atoms with Crippen LogP contribution >= 0.6 is 11.3 Å². The summed E-state index contributed by atoms with van der Waals surface area (Å²) in [5, 5.41) is 15.4. The molecule has 0 spiro atoms. The minimum absolute atomic E-state index is 0.146. The lowest BCUT2D eigenvalue weighted by Gasteiger charge is -2.05. The fourth-order valence-electron chi connectivity index (χ4n) is 2.15. The highest BCUT2D eigenvalue weighted by atomic mass is 32.1. The van der Waals surface area contributed by atoms with Crippen molar-refractivity contribution in [2.75, 3.05) is 5.32 Å². The van der Waals surface area contributed by atoms with Crippen molar-refractivity contribution in [3.05, 3.63) is 64.2 Å². The topological polar surface area (TPSA) is 55.2 Å². The van der Waals surface area contributed by atoms with Gasteiger partial charge in [-0.1, -0.05) is 41.7 Å². The van der Waals surface area contributed by atoms with E-state index in [1.165, 1.54) is 11.3 Å². The summed E-state index contributed by atoms with van der Waals surface area (Å²) < 4.78 is 0.911. The molecule has 0 bridgehead atoms. The van der Waals surface area contributed by atoms with Crippen LogP contribution in [0.3, 0.4) is 0 Å². The Kier molecular flexibility index (Phi) is 3.12. The van der Waals surface area contributed by atoms with E-state index in [-0.39, 0.29) is 9.92 Å². The van der Waals surface area contributed by atoms with Gasteiger partial charge < -0.3 is 5.32 Å². The molecule has 0 aliphatic rings. The van der Waals surface area contributed by atoms with Crippen LogP contribution in [-0.4, -0.2) is 4.92 Å². The van der Waals surface area contributed by atoms with Crippen molar-refractivity contribution in [1.82, 2.24) is 0 Å². The highest BCUT2D eigenvalue weighted by Crippen LogP contribution is 2.42. The van der Waals surface area contributed by atoms with Gasteiger partial charge in [-0.25, -0.2) is 0 Å². The lowest BCUT2D eigenvalue weighted by molar-refractivity contribution is -0.379. The third kappa shape index (κ3) is 2.23. The molecule has 2 aromatic carbocycles. The van der Waals surface area contributed by atoms with Crippen molar-refractivity contribution in [3.63, 3.8) is 0 Å². The Morgan fingerprint density at radius 1 is 1.15 bits per heavy atom. The summed E-state index contributed by atoms with van der Waals surface area (Å²) in [5.41, 5.74) is 2.54. The van der Waals surface area contributed by atoms with Gasteiger partial charge >= 0.3 is 5.00 Å². The SMILES string of the molecule is Cc1cccc(Nc2c([N+](=O)[O-])sc3ccccc23)c1. The molecule has 5 heteroatoms. The summed E-state index contributed by atoms with van der Waals surface area (Å²) in [6, 6.07) is 15.4. The van der Waals surface area contributed by atoms with Crippen LogP contribution in [0.15, 0.2) is 48.5 Å². The van der Waals surface area contributed by atoms with Gasteiger partial charge in [-0.15, -0.1) is 0 Å². The van der Waals surface area contributed by atoms with Gasteiger partial charge in [0.1, 0.15) is 5.69 Å². The standard InChI is InChI=1S/C15H12N2O2S/c1-10-5-4-6-11(9-10)16-14-12-7-2-3-8-13(12)20-15(14)17(18)19/h2-9,16H,1H3. The van der Waals surface area contributed by atoms with E-state index < -0.39 is 0 Å². The van der Waals surface area contributed by atoms with Crippen molar-refractivity contribution in [3.8, 4) is 0 Å². The van der Waals surface area contributed by atoms with E-state index in [9.17, 15) is 10.1 Å². The molecule has 0 saturated heterocycles. The molecule has 3 aromatic rings. The van der Waals surface area contributed by atoms with Gasteiger partial charge in [-0.3, -0.25) is 10.1 Å². The van der Waals surface area contributed by atoms with E-state index in [2.05, 4.69) is 5.32 Å². The van der Waals surface area contributed by atoms with E-state index in [0.29, 0.717) is 5.69 Å². The van der Waals surface area contributed by atoms with E-state index in [1.807, 2.05) is 55.5 Å². The zero-order valence-electron chi connectivity index (χ0n) is 10.8. The van der Waals surface area contributed by atoms with Gasteiger partial charge in [0.2, 0.25) is 0 Å². The first kappa shape index (κ1) is 12.6. The number of thiophene rings is 1. The minimum Gasteiger partial charge on any atom is -0.349 e. The molecular formula is C15H12N2O2S. The third-order valence-electron chi connectivity index (χ3n) is 3.03. The van der Waals surface area contributed by atoms with E-state index in [4.69, 9.17) is 0 Å². The maximum Gasteiger partial charge on any atom is 0.348 e. The van der Waals surface area contributed by atoms with Crippen molar-refractivity contribution in [1.29, 1.82) is 0 Å². The molecule has 0 radical (unpaired) electrons. The van der Waals surface area contributed by atoms with Gasteiger partial charge in [0.05, 0.1) is 4.92 Å². The van der Waals surface area contributed by atoms with Crippen LogP contribution in [0.1, 0.15) is 5.56 Å². The minimum atomic E-state index is -0.331. The van der Waals surface area contributed by atoms with Gasteiger partial charge in [-0.2, -0.15) is 0 Å². The first-order chi connectivity index (χ1) is 9.65. The molecule has 20 heavy (non-hydrogen) atoms. The Hall–Kier alpha value is -2.40. The average Bonchev–Trinajstić information content (AvgIpc) is 2.78. The first-order valence-corrected chi connectivity index (χ1v) is 6.96. The molecule has 1 heterocycles. The predicted molar refractivity (Wildman–Crippen MR) is 82.9 cm³/mol. The molecule has 0 amide bonds. The quantitative estimate of drug-likeness (QED) is 0.552. The second-order valence-corrected chi connectivity index (χ2v) is 5.56. The van der Waals surface area contributed by atoms with Crippen LogP contribution in [0.4, 0.5) is 16.4 Å². The number of benzene rings is 2. The number of rotatable bonds is 3. The van der Waals surface area contributed by atoms with Crippen molar-refractivity contribution < 1.29 is 4.92 Å². The second kappa shape index (κ2) is 4.94. The molecule has 1 aromatic heterocycles. The molecule has 0 fully saturated rings. The first-order valence-electron chi connectivity index (χ1n) is 6.15. The maximum absolute atomic E-state index is 11.2. The lowest BCUT2D eigenvalue weighted by atomic mass is 10.2. The summed E-state index contributed by atoms with van der Waals surface area (Å²) in [7, 11) is 0. The molecule has 0 aliphatic heterocycles. The molecule has 4 nitrogen and oxygen atoms in total. The van der Waals surface area contributed by atoms with Crippen LogP contribution in [0.2, 0.25) is 0 Å². The van der Waals surface area contributed by atoms with Crippen molar-refractivity contribution in [2.45, 2.75) is 6.92 Å². The van der Waals surface area contributed by atoms with Crippen LogP contribution in [0, 0.1) is 17.0 Å². The second-order valence-electron chi connectivity index (χ2n) is 4.53. The number of nitrogens with one attached hydrogen (secondary N) is 1. The zero-order chi connectivity index (χ0) is 14.1. The lowest BCUT2D eigenvalue weighted by Crippen LogP contribution is -1.94. The molecule has 0 saturated carbocycles. The fourth-order valence-corrected chi connectivity index (χ4v) is 3.12. The van der Waals surface area contributed by atoms with Crippen LogP contribution < -0.4 is 5.32 Å². The van der Waals surface area contributed by atoms with Crippen molar-refractivity contribution >= 4 is 37.8 Å². The van der Waals surface area contributed by atoms with Gasteiger partial charge in [0.25, 0.3) is 0 Å². The predicted octanol–water partition coefficient (Wildman–Crippen LogP) is 4.86. The molecule has 0 atom stereocenters. The molecule has 1 N–H and O–H groups in total. The summed E-state index contributed by atoms with van der Waals surface area (Å²) in [6.45, 7) is 1.99. The summed E-state index contributed by atoms with van der Waals surface area (Å²) in [5.74, 6) is 0. The number of nitrogens with zero attached hydrogens (tertiary/aromatic N) is 1. The van der Waals surface area contributed by atoms with Gasteiger partial charge in [-0.05, 0) is 30.7 Å². The summed E-state index contributed by atoms with van der Waals surface area (Å²) in [4.78, 5) is 10.9. The summed E-state index contributed by atoms with van der Waals surface area (Å²) >= 11 is 1.19. The number of hydrogen-bond acceptors (Lipinski definition) is 4. The van der Waals surface area contributed by atoms with E-state index >= 15 is 0 Å². The fraction of sp³-hybridized carbons (Fsp3) is 0.0667. The monoisotopic (exact) mass is 284 g/mol. The number of aryl methyl sites for hydroxylation is 1. The number of hydrogen-bond donors (Lipinski definition) is 1. The van der Waals surface area contributed by atoms with Crippen LogP contribution in [0.5, 0.6) is 0 Å². The Morgan fingerprint density at radius 3 is 2.70 bits per heavy atom. The Morgan fingerprint density at radius 2 is 1.95 bits per heavy atom. The maximum atomic E-state index is 11.2. The smallest absolute Gasteiger partial charge is 0.348 e. The number of nitro groups is 1. The Bertz CT molecular complexity index is 795. The Balaban J connectivity index is 2.14. The average molecular weight is 284 g/mol. The molecular weight excluding hydrogens is 272 g/mol. The Labute approximate surface area is 119 Å². The zero-order valence-corrected chi connectivity index (χ0v) is 11.6. The molecule has 0 aliphatic carbocycles. The highest BCUT2D eigenvalue weighted by Gasteiger charge is 2.21. The van der Waals surface area contributed by atoms with Crippen LogP contribution in [0.25, 0.3) is 10.1 Å². The largest absolute Gasteiger partial charge is 0.349 e. The van der Waals surface area contributed by atoms with Crippen LogP contribution in [-0.2, 0) is 0 Å². The number of anilines is 2. The molecule has 0 unspecified atom stereocenters. The summed E-state index contributed by atoms with van der Waals surface area (Å²) in [6.07, 6.45) is 0. The van der Waals surface area contributed by atoms with E-state index in [0.717, 1.165) is 21.3 Å². The van der Waals surface area contributed by atoms with E-state index in [1.54, 1.807) is 0 Å². The van der Waals surface area contributed by atoms with Gasteiger partial charge in [0, 0.05) is 15.8 Å².